The lowest BCUT2D eigenvalue weighted by Gasteiger charge is -2.29. The van der Waals surface area contributed by atoms with Gasteiger partial charge < -0.3 is 9.64 Å². The molecule has 6 rings (SSSR count). The molecule has 0 radical (unpaired) electrons. The first-order chi connectivity index (χ1) is 17.9. The summed E-state index contributed by atoms with van der Waals surface area (Å²) in [6, 6.07) is 23.1. The summed E-state index contributed by atoms with van der Waals surface area (Å²) >= 11 is 1.60. The number of hydrogen-bond donors (Lipinski definition) is 0. The SMILES string of the molecule is CC12CCC(=O)N1C(C(=O)OCC(=O)N1N=C(c3ccc4ccccc4c3)CC1c1ccccc1)CS2. The van der Waals surface area contributed by atoms with E-state index in [-0.39, 0.29) is 22.7 Å². The van der Waals surface area contributed by atoms with Crippen molar-refractivity contribution in [3.05, 3.63) is 83.9 Å². The lowest BCUT2D eigenvalue weighted by molar-refractivity contribution is -0.158. The van der Waals surface area contributed by atoms with E-state index in [2.05, 4.69) is 24.3 Å². The molecule has 3 aliphatic heterocycles. The molecule has 3 unspecified atom stereocenters. The minimum absolute atomic E-state index is 0.0333. The molecular weight excluding hydrogens is 486 g/mol. The van der Waals surface area contributed by atoms with Gasteiger partial charge in [-0.1, -0.05) is 66.7 Å². The van der Waals surface area contributed by atoms with Crippen LogP contribution in [-0.4, -0.2) is 56.7 Å². The van der Waals surface area contributed by atoms with Crippen molar-refractivity contribution in [1.29, 1.82) is 0 Å². The van der Waals surface area contributed by atoms with Gasteiger partial charge in [0.2, 0.25) is 5.91 Å². The van der Waals surface area contributed by atoms with Crippen molar-refractivity contribution >= 4 is 46.0 Å². The Morgan fingerprint density at radius 2 is 1.81 bits per heavy atom. The third-order valence-electron chi connectivity index (χ3n) is 7.49. The molecule has 7 nitrogen and oxygen atoms in total. The molecule has 0 saturated carbocycles. The molecule has 3 aromatic carbocycles. The van der Waals surface area contributed by atoms with Crippen LogP contribution in [0.5, 0.6) is 0 Å². The second-order valence-corrected chi connectivity index (χ2v) is 11.4. The van der Waals surface area contributed by atoms with E-state index in [0.29, 0.717) is 18.6 Å². The van der Waals surface area contributed by atoms with E-state index in [1.807, 2.05) is 55.5 Å². The van der Waals surface area contributed by atoms with Crippen LogP contribution in [0.25, 0.3) is 10.8 Å². The summed E-state index contributed by atoms with van der Waals surface area (Å²) in [5.74, 6) is -0.474. The average molecular weight is 514 g/mol. The summed E-state index contributed by atoms with van der Waals surface area (Å²) in [6.45, 7) is 1.56. The number of ether oxygens (including phenoxy) is 1. The van der Waals surface area contributed by atoms with Gasteiger partial charge in [0.1, 0.15) is 6.04 Å². The highest BCUT2D eigenvalue weighted by atomic mass is 32.2. The lowest BCUT2D eigenvalue weighted by atomic mass is 9.97. The molecule has 0 N–H and O–H groups in total. The van der Waals surface area contributed by atoms with E-state index in [1.165, 1.54) is 5.01 Å². The van der Waals surface area contributed by atoms with Gasteiger partial charge in [-0.25, -0.2) is 9.80 Å². The fourth-order valence-electron chi connectivity index (χ4n) is 5.51. The maximum Gasteiger partial charge on any atom is 0.330 e. The molecule has 2 fully saturated rings. The minimum atomic E-state index is -0.655. The van der Waals surface area contributed by atoms with E-state index >= 15 is 0 Å². The van der Waals surface area contributed by atoms with Gasteiger partial charge >= 0.3 is 5.97 Å². The fraction of sp³-hybridized carbons (Fsp3) is 0.310. The maximum absolute atomic E-state index is 13.3. The number of hydrazone groups is 1. The van der Waals surface area contributed by atoms with Crippen LogP contribution in [0.1, 0.15) is 43.4 Å². The number of benzene rings is 3. The molecule has 3 atom stereocenters. The molecule has 0 aliphatic carbocycles. The van der Waals surface area contributed by atoms with Gasteiger partial charge in [-0.15, -0.1) is 11.8 Å². The topological polar surface area (TPSA) is 79.3 Å². The highest BCUT2D eigenvalue weighted by molar-refractivity contribution is 8.01. The van der Waals surface area contributed by atoms with E-state index in [4.69, 9.17) is 9.84 Å². The van der Waals surface area contributed by atoms with Gasteiger partial charge in [0.05, 0.1) is 16.6 Å². The quantitative estimate of drug-likeness (QED) is 0.469. The monoisotopic (exact) mass is 513 g/mol. The molecular formula is C29H27N3O4S. The molecule has 37 heavy (non-hydrogen) atoms. The Morgan fingerprint density at radius 3 is 2.62 bits per heavy atom. The molecule has 2 saturated heterocycles. The molecule has 0 aromatic heterocycles. The number of amides is 2. The van der Waals surface area contributed by atoms with Gasteiger partial charge in [0, 0.05) is 18.6 Å². The van der Waals surface area contributed by atoms with Crippen molar-refractivity contribution < 1.29 is 19.1 Å². The number of esters is 1. The van der Waals surface area contributed by atoms with Crippen molar-refractivity contribution in [3.63, 3.8) is 0 Å². The maximum atomic E-state index is 13.3. The minimum Gasteiger partial charge on any atom is -0.454 e. The van der Waals surface area contributed by atoms with Crippen molar-refractivity contribution in [3.8, 4) is 0 Å². The summed E-state index contributed by atoms with van der Waals surface area (Å²) in [6.07, 6.45) is 1.71. The Balaban J connectivity index is 1.22. The van der Waals surface area contributed by atoms with E-state index in [9.17, 15) is 14.4 Å². The standard InChI is InChI=1S/C29H27N3O4S/c1-29-14-13-26(33)31(29)25(18-37-29)28(35)36-17-27(34)32-24(20-8-3-2-4-9-20)16-23(30-32)22-12-11-19-7-5-6-10-21(19)15-22/h2-12,15,24-25H,13-14,16-18H2,1H3. The molecule has 3 heterocycles. The fourth-order valence-corrected chi connectivity index (χ4v) is 6.93. The number of hydrogen-bond acceptors (Lipinski definition) is 6. The molecule has 0 spiro atoms. The second kappa shape index (κ2) is 9.34. The Kier molecular flexibility index (Phi) is 5.99. The first-order valence-electron chi connectivity index (χ1n) is 12.5. The largest absolute Gasteiger partial charge is 0.454 e. The average Bonchev–Trinajstić information content (AvgIpc) is 3.60. The zero-order valence-corrected chi connectivity index (χ0v) is 21.3. The number of thioether (sulfide) groups is 1. The van der Waals surface area contributed by atoms with Gasteiger partial charge in [-0.3, -0.25) is 9.59 Å². The molecule has 3 aliphatic rings. The number of fused-ring (bicyclic) bond motifs is 2. The molecule has 3 aromatic rings. The van der Waals surface area contributed by atoms with Crippen molar-refractivity contribution in [1.82, 2.24) is 9.91 Å². The van der Waals surface area contributed by atoms with Crippen molar-refractivity contribution in [2.75, 3.05) is 12.4 Å². The van der Waals surface area contributed by atoms with Gasteiger partial charge in [0.25, 0.3) is 5.91 Å². The molecule has 8 heteroatoms. The van der Waals surface area contributed by atoms with Crippen LogP contribution in [0.15, 0.2) is 77.9 Å². The predicted molar refractivity (Wildman–Crippen MR) is 143 cm³/mol. The number of carbonyl (C=O) groups is 3. The van der Waals surface area contributed by atoms with Gasteiger partial charge in [-0.05, 0) is 41.3 Å². The number of rotatable bonds is 5. The summed E-state index contributed by atoms with van der Waals surface area (Å²) < 4.78 is 5.48. The van der Waals surface area contributed by atoms with Gasteiger partial charge in [0.15, 0.2) is 6.61 Å². The van der Waals surface area contributed by atoms with Gasteiger partial charge in [-0.2, -0.15) is 5.10 Å². The smallest absolute Gasteiger partial charge is 0.330 e. The van der Waals surface area contributed by atoms with Crippen molar-refractivity contribution in [2.24, 2.45) is 5.10 Å². The second-order valence-electron chi connectivity index (χ2n) is 9.85. The Labute approximate surface area is 219 Å². The molecule has 188 valence electrons. The first kappa shape index (κ1) is 23.7. The Morgan fingerprint density at radius 1 is 1.05 bits per heavy atom. The zero-order chi connectivity index (χ0) is 25.6. The normalized spacial score (nSPS) is 24.9. The summed E-state index contributed by atoms with van der Waals surface area (Å²) in [5.41, 5.74) is 2.74. The number of carbonyl (C=O) groups excluding carboxylic acids is 3. The highest BCUT2D eigenvalue weighted by Gasteiger charge is 2.53. The van der Waals surface area contributed by atoms with Crippen LogP contribution in [-0.2, 0) is 19.1 Å². The first-order valence-corrected chi connectivity index (χ1v) is 13.5. The van der Waals surface area contributed by atoms with Crippen LogP contribution in [0.4, 0.5) is 0 Å². The zero-order valence-electron chi connectivity index (χ0n) is 20.5. The van der Waals surface area contributed by atoms with Crippen LogP contribution in [0, 0.1) is 0 Å². The summed E-state index contributed by atoms with van der Waals surface area (Å²) in [4.78, 5) is 39.9. The van der Waals surface area contributed by atoms with Crippen LogP contribution >= 0.6 is 11.8 Å². The third-order valence-corrected chi connectivity index (χ3v) is 8.99. The van der Waals surface area contributed by atoms with E-state index in [0.717, 1.165) is 34.0 Å². The molecule has 2 amide bonds. The Hall–Kier alpha value is -3.65. The summed E-state index contributed by atoms with van der Waals surface area (Å²) in [5, 5.41) is 8.41. The van der Waals surface area contributed by atoms with Crippen molar-refractivity contribution in [2.45, 2.75) is 43.1 Å². The van der Waals surface area contributed by atoms with Crippen LogP contribution in [0.2, 0.25) is 0 Å². The van der Waals surface area contributed by atoms with Crippen LogP contribution < -0.4 is 0 Å². The third kappa shape index (κ3) is 4.29. The Bertz CT molecular complexity index is 1420. The summed E-state index contributed by atoms with van der Waals surface area (Å²) in [7, 11) is 0. The predicted octanol–water partition coefficient (Wildman–Crippen LogP) is 4.51. The van der Waals surface area contributed by atoms with E-state index < -0.39 is 18.6 Å². The van der Waals surface area contributed by atoms with E-state index in [1.54, 1.807) is 16.7 Å². The number of nitrogens with zero attached hydrogens (tertiary/aromatic N) is 3. The highest BCUT2D eigenvalue weighted by Crippen LogP contribution is 2.47. The van der Waals surface area contributed by atoms with Crippen LogP contribution in [0.3, 0.4) is 0 Å². The molecule has 0 bridgehead atoms. The lowest BCUT2D eigenvalue weighted by Crippen LogP contribution is -2.47.